The number of urea groups is 1. The monoisotopic (exact) mass is 516 g/mol. The number of amides is 2. The lowest BCUT2D eigenvalue weighted by molar-refractivity contribution is -0.141. The number of hydrogen-bond acceptors (Lipinski definition) is 5. The highest BCUT2D eigenvalue weighted by atomic mass is 19.4. The number of nitrogens with one attached hydrogen (secondary N) is 2. The van der Waals surface area contributed by atoms with E-state index in [0.717, 1.165) is 6.20 Å². The summed E-state index contributed by atoms with van der Waals surface area (Å²) < 4.78 is 43.0. The smallest absolute Gasteiger partial charge is 0.324 e. The van der Waals surface area contributed by atoms with Gasteiger partial charge in [0.1, 0.15) is 12.2 Å². The molecule has 0 bridgehead atoms. The van der Waals surface area contributed by atoms with Crippen LogP contribution in [0.1, 0.15) is 18.9 Å². The standard InChI is InChI=1S/C23H23F3N8O3/c1-31-8-6-16(30-31)14-11-17(20(35)33(12-14)13-23(24,25)26)28-21(36)32-9-4-15(5-10-32)34-18-3-2-7-27-19(18)29-22(34)37/h2-3,6-8,11-12,15H,4-5,9-10,13H2,1H3,(H,28,36)(H,27,29,37). The van der Waals surface area contributed by atoms with Crippen LogP contribution in [-0.2, 0) is 13.6 Å². The Labute approximate surface area is 207 Å². The first-order valence-electron chi connectivity index (χ1n) is 11.5. The zero-order chi connectivity index (χ0) is 26.3. The van der Waals surface area contributed by atoms with Crippen molar-refractivity contribution < 1.29 is 18.0 Å². The van der Waals surface area contributed by atoms with Gasteiger partial charge in [-0.15, -0.1) is 0 Å². The van der Waals surface area contributed by atoms with Gasteiger partial charge in [0.25, 0.3) is 5.56 Å². The number of aromatic amines is 1. The van der Waals surface area contributed by atoms with Crippen LogP contribution in [0.4, 0.5) is 23.7 Å². The number of aryl methyl sites for hydroxylation is 1. The Morgan fingerprint density at radius 2 is 1.97 bits per heavy atom. The zero-order valence-corrected chi connectivity index (χ0v) is 19.7. The maximum absolute atomic E-state index is 13.1. The molecule has 11 nitrogen and oxygen atoms in total. The number of carbonyl (C=O) groups excluding carboxylic acids is 1. The van der Waals surface area contributed by atoms with E-state index in [1.165, 1.54) is 15.6 Å². The summed E-state index contributed by atoms with van der Waals surface area (Å²) in [4.78, 5) is 46.6. The summed E-state index contributed by atoms with van der Waals surface area (Å²) in [6, 6.07) is 5.67. The van der Waals surface area contributed by atoms with Crippen LogP contribution in [0.15, 0.2) is 52.4 Å². The lowest BCUT2D eigenvalue weighted by Crippen LogP contribution is -2.43. The maximum atomic E-state index is 13.1. The van der Waals surface area contributed by atoms with E-state index >= 15 is 0 Å². The van der Waals surface area contributed by atoms with Crippen LogP contribution in [0, 0.1) is 0 Å². The highest BCUT2D eigenvalue weighted by Crippen LogP contribution is 2.26. The minimum absolute atomic E-state index is 0.161. The molecule has 4 aromatic rings. The number of imidazole rings is 1. The number of piperidine rings is 1. The maximum Gasteiger partial charge on any atom is 0.406 e. The number of halogens is 3. The topological polar surface area (TPSA) is 123 Å². The summed E-state index contributed by atoms with van der Waals surface area (Å²) >= 11 is 0. The number of anilines is 1. The molecule has 14 heteroatoms. The molecule has 194 valence electrons. The van der Waals surface area contributed by atoms with E-state index < -0.39 is 24.3 Å². The Morgan fingerprint density at radius 3 is 2.65 bits per heavy atom. The molecule has 0 saturated carbocycles. The molecule has 4 aromatic heterocycles. The molecule has 5 rings (SSSR count). The van der Waals surface area contributed by atoms with Crippen molar-refractivity contribution in [1.82, 2.24) is 33.8 Å². The quantitative estimate of drug-likeness (QED) is 0.432. The van der Waals surface area contributed by atoms with Gasteiger partial charge in [-0.1, -0.05) is 0 Å². The minimum atomic E-state index is -4.63. The van der Waals surface area contributed by atoms with Crippen LogP contribution in [0.3, 0.4) is 0 Å². The summed E-state index contributed by atoms with van der Waals surface area (Å²) in [5, 5.41) is 6.66. The van der Waals surface area contributed by atoms with Crippen molar-refractivity contribution in [3.8, 4) is 11.3 Å². The third kappa shape index (κ3) is 4.99. The molecule has 0 radical (unpaired) electrons. The average Bonchev–Trinajstić information content (AvgIpc) is 3.43. The molecule has 0 atom stereocenters. The van der Waals surface area contributed by atoms with Crippen LogP contribution in [-0.4, -0.2) is 59.1 Å². The first-order valence-corrected chi connectivity index (χ1v) is 11.5. The van der Waals surface area contributed by atoms with Gasteiger partial charge in [-0.2, -0.15) is 18.3 Å². The molecule has 0 aliphatic carbocycles. The molecule has 0 unspecified atom stereocenters. The first kappa shape index (κ1) is 24.3. The van der Waals surface area contributed by atoms with Gasteiger partial charge in [0.15, 0.2) is 5.65 Å². The normalized spacial score (nSPS) is 14.9. The molecule has 5 heterocycles. The number of fused-ring (bicyclic) bond motifs is 1. The number of likely N-dealkylation sites (tertiary alicyclic amines) is 1. The second-order valence-electron chi connectivity index (χ2n) is 8.88. The second-order valence-corrected chi connectivity index (χ2v) is 8.88. The van der Waals surface area contributed by atoms with E-state index in [2.05, 4.69) is 20.4 Å². The van der Waals surface area contributed by atoms with Crippen LogP contribution >= 0.6 is 0 Å². The number of hydrogen-bond donors (Lipinski definition) is 2. The van der Waals surface area contributed by atoms with Crippen molar-refractivity contribution >= 4 is 22.9 Å². The highest BCUT2D eigenvalue weighted by Gasteiger charge is 2.30. The average molecular weight is 516 g/mol. The van der Waals surface area contributed by atoms with Crippen LogP contribution < -0.4 is 16.6 Å². The van der Waals surface area contributed by atoms with Crippen LogP contribution in [0.5, 0.6) is 0 Å². The van der Waals surface area contributed by atoms with Crippen molar-refractivity contribution in [2.75, 3.05) is 18.4 Å². The number of nitrogens with zero attached hydrogens (tertiary/aromatic N) is 6. The Hall–Kier alpha value is -4.36. The number of carbonyl (C=O) groups is 1. The SMILES string of the molecule is Cn1ccc(-c2cc(NC(=O)N3CCC(n4c(=O)[nH]c5ncccc54)CC3)c(=O)n(CC(F)(F)F)c2)n1. The Kier molecular flexibility index (Phi) is 6.09. The fraction of sp³-hybridized carbons (Fsp3) is 0.348. The van der Waals surface area contributed by atoms with Crippen molar-refractivity contribution in [3.63, 3.8) is 0 Å². The van der Waals surface area contributed by atoms with Gasteiger partial charge in [-0.05, 0) is 37.1 Å². The molecule has 2 amide bonds. The predicted molar refractivity (Wildman–Crippen MR) is 128 cm³/mol. The Morgan fingerprint density at radius 1 is 1.22 bits per heavy atom. The van der Waals surface area contributed by atoms with Crippen molar-refractivity contribution in [3.05, 3.63) is 63.7 Å². The van der Waals surface area contributed by atoms with Crippen LogP contribution in [0.25, 0.3) is 22.4 Å². The minimum Gasteiger partial charge on any atom is -0.324 e. The third-order valence-corrected chi connectivity index (χ3v) is 6.29. The van der Waals surface area contributed by atoms with Crippen molar-refractivity contribution in [1.29, 1.82) is 0 Å². The Bertz CT molecular complexity index is 1570. The highest BCUT2D eigenvalue weighted by molar-refractivity contribution is 5.90. The van der Waals surface area contributed by atoms with Gasteiger partial charge in [0.05, 0.1) is 11.2 Å². The molecule has 0 spiro atoms. The zero-order valence-electron chi connectivity index (χ0n) is 19.7. The molecule has 2 N–H and O–H groups in total. The third-order valence-electron chi connectivity index (χ3n) is 6.29. The van der Waals surface area contributed by atoms with Gasteiger partial charge in [-0.25, -0.2) is 14.6 Å². The molecule has 1 aliphatic rings. The molecule has 37 heavy (non-hydrogen) atoms. The van der Waals surface area contributed by atoms with Gasteiger partial charge >= 0.3 is 17.9 Å². The van der Waals surface area contributed by atoms with E-state index in [1.807, 2.05) is 0 Å². The second kappa shape index (κ2) is 9.26. The summed E-state index contributed by atoms with van der Waals surface area (Å²) in [6.07, 6.45) is 0.592. The summed E-state index contributed by atoms with van der Waals surface area (Å²) in [7, 11) is 1.66. The van der Waals surface area contributed by atoms with Gasteiger partial charge in [0, 0.05) is 50.3 Å². The largest absolute Gasteiger partial charge is 0.406 e. The van der Waals surface area contributed by atoms with Gasteiger partial charge in [-0.3, -0.25) is 19.0 Å². The lowest BCUT2D eigenvalue weighted by Gasteiger charge is -2.32. The number of H-pyrrole nitrogens is 1. The summed E-state index contributed by atoms with van der Waals surface area (Å²) in [5.41, 5.74) is 0.228. The summed E-state index contributed by atoms with van der Waals surface area (Å²) in [5.74, 6) is 0. The van der Waals surface area contributed by atoms with E-state index in [4.69, 9.17) is 0 Å². The first-order chi connectivity index (χ1) is 17.6. The lowest BCUT2D eigenvalue weighted by atomic mass is 10.0. The fourth-order valence-corrected chi connectivity index (χ4v) is 4.59. The van der Waals surface area contributed by atoms with Gasteiger partial charge in [0.2, 0.25) is 0 Å². The number of pyridine rings is 2. The Balaban J connectivity index is 1.35. The van der Waals surface area contributed by atoms with Crippen LogP contribution in [0.2, 0.25) is 0 Å². The number of rotatable bonds is 4. The molecule has 1 aliphatic heterocycles. The van der Waals surface area contributed by atoms with Crippen molar-refractivity contribution in [2.45, 2.75) is 31.6 Å². The molecular weight excluding hydrogens is 493 g/mol. The van der Waals surface area contributed by atoms with E-state index in [9.17, 15) is 27.6 Å². The van der Waals surface area contributed by atoms with E-state index in [-0.39, 0.29) is 36.1 Å². The molecule has 1 fully saturated rings. The van der Waals surface area contributed by atoms with E-state index in [0.29, 0.717) is 34.3 Å². The number of alkyl halides is 3. The van der Waals surface area contributed by atoms with Crippen molar-refractivity contribution in [2.24, 2.45) is 7.05 Å². The predicted octanol–water partition coefficient (Wildman–Crippen LogP) is 2.72. The number of aromatic nitrogens is 6. The van der Waals surface area contributed by atoms with E-state index in [1.54, 1.807) is 42.2 Å². The molecule has 0 aromatic carbocycles. The molecular formula is C23H23F3N8O3. The van der Waals surface area contributed by atoms with Gasteiger partial charge < -0.3 is 14.8 Å². The summed E-state index contributed by atoms with van der Waals surface area (Å²) in [6.45, 7) is -0.936. The molecule has 1 saturated heterocycles. The fourth-order valence-electron chi connectivity index (χ4n) is 4.59.